The molecule has 2 heterocycles. The van der Waals surface area contributed by atoms with Gasteiger partial charge in [-0.25, -0.2) is 4.79 Å². The van der Waals surface area contributed by atoms with Crippen LogP contribution >= 0.6 is 11.3 Å². The molecule has 5 nitrogen and oxygen atoms in total. The highest BCUT2D eigenvalue weighted by molar-refractivity contribution is 7.13. The number of rotatable bonds is 11. The lowest BCUT2D eigenvalue weighted by molar-refractivity contribution is -0.117. The molecule has 0 aliphatic carbocycles. The summed E-state index contributed by atoms with van der Waals surface area (Å²) in [6.07, 6.45) is 9.96. The molecule has 1 saturated heterocycles. The Morgan fingerprint density at radius 1 is 1.16 bits per heavy atom. The van der Waals surface area contributed by atoms with Crippen LogP contribution in [0.2, 0.25) is 0 Å². The molecule has 1 unspecified atom stereocenters. The predicted octanol–water partition coefficient (Wildman–Crippen LogP) is 5.95. The van der Waals surface area contributed by atoms with E-state index in [0.717, 1.165) is 66.6 Å². The Labute approximate surface area is 187 Å². The van der Waals surface area contributed by atoms with Crippen molar-refractivity contribution in [1.29, 1.82) is 0 Å². The fourth-order valence-electron chi connectivity index (χ4n) is 3.93. The molecule has 2 aromatic rings. The van der Waals surface area contributed by atoms with Crippen molar-refractivity contribution in [3.05, 3.63) is 63.5 Å². The number of aromatic carboxylic acids is 1. The van der Waals surface area contributed by atoms with Gasteiger partial charge < -0.3 is 9.90 Å². The van der Waals surface area contributed by atoms with Crippen LogP contribution in [0.1, 0.15) is 77.9 Å². The van der Waals surface area contributed by atoms with Gasteiger partial charge in [-0.3, -0.25) is 9.69 Å². The summed E-state index contributed by atoms with van der Waals surface area (Å²) in [7, 11) is 0. The molecule has 1 aliphatic rings. The minimum absolute atomic E-state index is 0.0816. The number of hydrogen-bond donors (Lipinski definition) is 1. The number of nitrogens with zero attached hydrogens (tertiary/aromatic N) is 1. The van der Waals surface area contributed by atoms with Gasteiger partial charge in [-0.1, -0.05) is 44.4 Å². The number of aldehydes is 1. The Hall–Kier alpha value is -2.73. The average Bonchev–Trinajstić information content (AvgIpc) is 3.39. The Balaban J connectivity index is 1.66. The molecule has 0 bridgehead atoms. The third-order valence-corrected chi connectivity index (χ3v) is 6.77. The van der Waals surface area contributed by atoms with Crippen molar-refractivity contribution in [2.45, 2.75) is 64.2 Å². The number of amides is 1. The van der Waals surface area contributed by atoms with Crippen molar-refractivity contribution in [1.82, 2.24) is 0 Å². The van der Waals surface area contributed by atoms with Crippen molar-refractivity contribution in [2.24, 2.45) is 0 Å². The molecule has 6 heteroatoms. The summed E-state index contributed by atoms with van der Waals surface area (Å²) in [4.78, 5) is 38.2. The Kier molecular flexibility index (Phi) is 8.18. The van der Waals surface area contributed by atoms with Gasteiger partial charge in [-0.15, -0.1) is 11.3 Å². The highest BCUT2D eigenvalue weighted by Gasteiger charge is 2.27. The van der Waals surface area contributed by atoms with Crippen molar-refractivity contribution >= 4 is 35.2 Å². The van der Waals surface area contributed by atoms with Crippen LogP contribution < -0.4 is 4.90 Å². The Morgan fingerprint density at radius 2 is 1.94 bits per heavy atom. The molecule has 1 aliphatic heterocycles. The molecule has 3 rings (SSSR count). The fraction of sp³-hybridized carbons (Fsp3) is 0.400. The zero-order valence-electron chi connectivity index (χ0n) is 17.9. The van der Waals surface area contributed by atoms with E-state index in [1.807, 2.05) is 30.3 Å². The first-order chi connectivity index (χ1) is 15.0. The quantitative estimate of drug-likeness (QED) is 0.347. The van der Waals surface area contributed by atoms with Gasteiger partial charge in [0.2, 0.25) is 5.91 Å². The number of carbonyl (C=O) groups excluding carboxylic acids is 2. The van der Waals surface area contributed by atoms with Crippen LogP contribution in [0.3, 0.4) is 0 Å². The second-order valence-corrected chi connectivity index (χ2v) is 9.03. The van der Waals surface area contributed by atoms with Gasteiger partial charge in [0.15, 0.2) is 0 Å². The van der Waals surface area contributed by atoms with Crippen molar-refractivity contribution in [2.75, 3.05) is 4.90 Å². The van der Waals surface area contributed by atoms with E-state index in [0.29, 0.717) is 17.7 Å². The van der Waals surface area contributed by atoms with Crippen LogP contribution in [0.25, 0.3) is 0 Å². The summed E-state index contributed by atoms with van der Waals surface area (Å²) in [6, 6.07) is 11.3. The summed E-state index contributed by atoms with van der Waals surface area (Å²) in [6.45, 7) is 2.15. The molecule has 1 amide bonds. The minimum Gasteiger partial charge on any atom is -0.477 e. The summed E-state index contributed by atoms with van der Waals surface area (Å²) >= 11 is 1.30. The van der Waals surface area contributed by atoms with E-state index in [1.54, 1.807) is 11.0 Å². The van der Waals surface area contributed by atoms with E-state index in [4.69, 9.17) is 5.11 Å². The number of carbonyl (C=O) groups is 3. The van der Waals surface area contributed by atoms with Gasteiger partial charge in [-0.2, -0.15) is 0 Å². The highest BCUT2D eigenvalue weighted by Crippen LogP contribution is 2.32. The van der Waals surface area contributed by atoms with Gasteiger partial charge in [0.1, 0.15) is 11.2 Å². The van der Waals surface area contributed by atoms with E-state index in [2.05, 4.69) is 13.0 Å². The summed E-state index contributed by atoms with van der Waals surface area (Å²) < 4.78 is 0. The normalized spacial score (nSPS) is 16.1. The monoisotopic (exact) mass is 439 g/mol. The zero-order chi connectivity index (χ0) is 22.2. The lowest BCUT2D eigenvalue weighted by atomic mass is 9.94. The number of anilines is 1. The van der Waals surface area contributed by atoms with Gasteiger partial charge >= 0.3 is 5.97 Å². The standard InChI is InChI=1S/C25H29NO4S/c1-2-3-4-6-19(17-27)18-9-11-21(12-10-18)26-20(13-16-24(26)28)7-5-8-22-14-15-23(31-22)25(29)30/h7,9-12,14-15,17,19H,2-6,8,13,16H2,1H3,(H,29,30)/b20-7-. The van der Waals surface area contributed by atoms with Crippen LogP contribution in [0.5, 0.6) is 0 Å². The van der Waals surface area contributed by atoms with Crippen molar-refractivity contribution < 1.29 is 19.5 Å². The van der Waals surface area contributed by atoms with E-state index < -0.39 is 5.97 Å². The predicted molar refractivity (Wildman–Crippen MR) is 124 cm³/mol. The van der Waals surface area contributed by atoms with Crippen LogP contribution in [-0.2, 0) is 16.0 Å². The molecule has 1 fully saturated rings. The summed E-state index contributed by atoms with van der Waals surface area (Å²) in [5.41, 5.74) is 2.82. The molecule has 31 heavy (non-hydrogen) atoms. The van der Waals surface area contributed by atoms with Crippen LogP contribution in [0.4, 0.5) is 5.69 Å². The molecule has 1 aromatic heterocycles. The highest BCUT2D eigenvalue weighted by atomic mass is 32.1. The molecular weight excluding hydrogens is 410 g/mol. The molecule has 1 aromatic carbocycles. The van der Waals surface area contributed by atoms with Gasteiger partial charge in [0.25, 0.3) is 0 Å². The number of carboxylic acid groups (broad SMARTS) is 1. The molecule has 0 spiro atoms. The number of allylic oxidation sites excluding steroid dienone is 2. The average molecular weight is 440 g/mol. The fourth-order valence-corrected chi connectivity index (χ4v) is 4.79. The topological polar surface area (TPSA) is 74.7 Å². The third kappa shape index (κ3) is 5.91. The molecule has 164 valence electrons. The first-order valence-electron chi connectivity index (χ1n) is 10.9. The first-order valence-corrected chi connectivity index (χ1v) is 11.7. The molecule has 1 N–H and O–H groups in total. The molecular formula is C25H29NO4S. The van der Waals surface area contributed by atoms with Crippen molar-refractivity contribution in [3.63, 3.8) is 0 Å². The second-order valence-electron chi connectivity index (χ2n) is 7.86. The van der Waals surface area contributed by atoms with E-state index in [1.165, 1.54) is 11.3 Å². The van der Waals surface area contributed by atoms with Gasteiger partial charge in [-0.05, 0) is 55.5 Å². The molecule has 0 radical (unpaired) electrons. The Morgan fingerprint density at radius 3 is 2.58 bits per heavy atom. The van der Waals surface area contributed by atoms with E-state index in [-0.39, 0.29) is 11.8 Å². The SMILES string of the molecule is CCCCCC(C=O)c1ccc(N2C(=O)CC/C2=C/CCc2ccc(C(=O)O)s2)cc1. The van der Waals surface area contributed by atoms with Crippen LogP contribution in [-0.4, -0.2) is 23.3 Å². The molecule has 1 atom stereocenters. The van der Waals surface area contributed by atoms with Crippen LogP contribution in [0, 0.1) is 0 Å². The summed E-state index contributed by atoms with van der Waals surface area (Å²) in [5, 5.41) is 9.04. The van der Waals surface area contributed by atoms with Gasteiger partial charge in [0, 0.05) is 28.6 Å². The number of benzene rings is 1. The number of carboxylic acids is 1. The largest absolute Gasteiger partial charge is 0.477 e. The van der Waals surface area contributed by atoms with Crippen molar-refractivity contribution in [3.8, 4) is 0 Å². The van der Waals surface area contributed by atoms with E-state index >= 15 is 0 Å². The Bertz CT molecular complexity index is 945. The first kappa shape index (κ1) is 22.9. The smallest absolute Gasteiger partial charge is 0.345 e. The summed E-state index contributed by atoms with van der Waals surface area (Å²) in [5.74, 6) is -0.905. The number of aryl methyl sites for hydroxylation is 1. The lowest BCUT2D eigenvalue weighted by Crippen LogP contribution is -2.22. The minimum atomic E-state index is -0.896. The lowest BCUT2D eigenvalue weighted by Gasteiger charge is -2.19. The third-order valence-electron chi connectivity index (χ3n) is 5.64. The maximum Gasteiger partial charge on any atom is 0.345 e. The molecule has 0 saturated carbocycles. The maximum atomic E-state index is 12.5. The number of thiophene rings is 1. The van der Waals surface area contributed by atoms with Crippen LogP contribution in [0.15, 0.2) is 48.2 Å². The number of hydrogen-bond acceptors (Lipinski definition) is 4. The number of unbranched alkanes of at least 4 members (excludes halogenated alkanes) is 2. The second kappa shape index (κ2) is 11.0. The maximum absolute atomic E-state index is 12.5. The van der Waals surface area contributed by atoms with E-state index in [9.17, 15) is 14.4 Å². The van der Waals surface area contributed by atoms with Gasteiger partial charge in [0.05, 0.1) is 0 Å². The zero-order valence-corrected chi connectivity index (χ0v) is 18.7.